The smallest absolute Gasteiger partial charge is 0.123 e. The maximum atomic E-state index is 13.1. The van der Waals surface area contributed by atoms with Gasteiger partial charge in [-0.1, -0.05) is 20.8 Å². The van der Waals surface area contributed by atoms with Crippen LogP contribution in [0.3, 0.4) is 0 Å². The Morgan fingerprint density at radius 1 is 1.15 bits per heavy atom. The lowest BCUT2D eigenvalue weighted by Crippen LogP contribution is -2.48. The number of anilines is 1. The number of hydrogen-bond donors (Lipinski definition) is 1. The maximum absolute atomic E-state index is 13.1. The highest BCUT2D eigenvalue weighted by Gasteiger charge is 2.32. The van der Waals surface area contributed by atoms with Crippen molar-refractivity contribution in [2.75, 3.05) is 44.2 Å². The van der Waals surface area contributed by atoms with Crippen LogP contribution in [0, 0.1) is 17.2 Å². The van der Waals surface area contributed by atoms with Crippen molar-refractivity contribution in [3.05, 3.63) is 30.1 Å². The second kappa shape index (κ2) is 9.15. The van der Waals surface area contributed by atoms with E-state index < -0.39 is 0 Å². The summed E-state index contributed by atoms with van der Waals surface area (Å²) in [6, 6.07) is 6.81. The highest BCUT2D eigenvalue weighted by molar-refractivity contribution is 7.81. The summed E-state index contributed by atoms with van der Waals surface area (Å²) >= 11 is 4.79. The van der Waals surface area contributed by atoms with Crippen LogP contribution in [0.25, 0.3) is 0 Å². The number of halogens is 1. The zero-order chi connectivity index (χ0) is 19.4. The topological polar surface area (TPSA) is 15.7 Å². The lowest BCUT2D eigenvalue weighted by Gasteiger charge is -2.39. The predicted octanol–water partition coefficient (Wildman–Crippen LogP) is 4.48. The fraction of sp³-hybridized carbons (Fsp3) is 0.727. The largest absolute Gasteiger partial charge is 0.377 e. The van der Waals surface area contributed by atoms with Crippen molar-refractivity contribution in [1.29, 1.82) is 0 Å². The number of thiol groups is 1. The molecule has 0 aromatic heterocycles. The minimum absolute atomic E-state index is 0.175. The summed E-state index contributed by atoms with van der Waals surface area (Å²) in [5.74, 6) is 0.572. The molecule has 0 radical (unpaired) electrons. The Bertz CT molecular complexity index is 586. The van der Waals surface area contributed by atoms with E-state index in [9.17, 15) is 4.39 Å². The molecule has 1 heterocycles. The van der Waals surface area contributed by atoms with Gasteiger partial charge in [0.25, 0.3) is 0 Å². The van der Waals surface area contributed by atoms with Gasteiger partial charge in [-0.25, -0.2) is 4.39 Å². The zero-order valence-corrected chi connectivity index (χ0v) is 17.9. The van der Waals surface area contributed by atoms with E-state index in [1.807, 2.05) is 12.1 Å². The Morgan fingerprint density at radius 2 is 1.81 bits per heavy atom. The Kier molecular flexibility index (Phi) is 7.09. The first-order valence-electron chi connectivity index (χ1n) is 10.3. The quantitative estimate of drug-likeness (QED) is 0.717. The molecule has 2 fully saturated rings. The third kappa shape index (κ3) is 6.37. The maximum Gasteiger partial charge on any atom is 0.123 e. The highest BCUT2D eigenvalue weighted by Crippen LogP contribution is 2.39. The molecular formula is C22H35FN2OS. The third-order valence-electron chi connectivity index (χ3n) is 5.90. The molecule has 5 heteroatoms. The molecule has 1 aromatic rings. The van der Waals surface area contributed by atoms with Crippen LogP contribution < -0.4 is 4.90 Å². The first-order valence-corrected chi connectivity index (χ1v) is 10.8. The van der Waals surface area contributed by atoms with Gasteiger partial charge in [0.05, 0.1) is 12.7 Å². The van der Waals surface area contributed by atoms with Gasteiger partial charge in [-0.15, -0.1) is 0 Å². The number of benzene rings is 1. The minimum atomic E-state index is -0.175. The van der Waals surface area contributed by atoms with Gasteiger partial charge in [-0.2, -0.15) is 12.6 Å². The van der Waals surface area contributed by atoms with E-state index in [0.717, 1.165) is 57.4 Å². The number of piperazine rings is 1. The van der Waals surface area contributed by atoms with Gasteiger partial charge < -0.3 is 9.64 Å². The monoisotopic (exact) mass is 394 g/mol. The molecule has 2 aliphatic rings. The lowest BCUT2D eigenvalue weighted by atomic mass is 9.71. The van der Waals surface area contributed by atoms with Gasteiger partial charge in [0.2, 0.25) is 0 Å². The third-order valence-corrected chi connectivity index (χ3v) is 6.22. The van der Waals surface area contributed by atoms with E-state index in [2.05, 4.69) is 30.6 Å². The van der Waals surface area contributed by atoms with Crippen molar-refractivity contribution in [2.24, 2.45) is 11.3 Å². The molecule has 27 heavy (non-hydrogen) atoms. The fourth-order valence-electron chi connectivity index (χ4n) is 4.82. The molecule has 3 rings (SSSR count). The van der Waals surface area contributed by atoms with Crippen LogP contribution in [0.15, 0.2) is 24.3 Å². The van der Waals surface area contributed by atoms with Crippen molar-refractivity contribution in [3.63, 3.8) is 0 Å². The summed E-state index contributed by atoms with van der Waals surface area (Å²) in [7, 11) is 0. The molecular weight excluding hydrogens is 359 g/mol. The molecule has 0 amide bonds. The lowest BCUT2D eigenvalue weighted by molar-refractivity contribution is -0.0237. The van der Waals surface area contributed by atoms with Gasteiger partial charge in [0, 0.05) is 43.7 Å². The molecule has 1 saturated heterocycles. The van der Waals surface area contributed by atoms with Crippen LogP contribution in [0.5, 0.6) is 0 Å². The summed E-state index contributed by atoms with van der Waals surface area (Å²) in [6.07, 6.45) is 4.03. The van der Waals surface area contributed by atoms with Crippen LogP contribution in [0.4, 0.5) is 10.1 Å². The van der Waals surface area contributed by atoms with Gasteiger partial charge in [0.15, 0.2) is 0 Å². The fourth-order valence-corrected chi connectivity index (χ4v) is 5.14. The number of ether oxygens (including phenoxy) is 1. The Morgan fingerprint density at radius 3 is 2.44 bits per heavy atom. The molecule has 1 saturated carbocycles. The van der Waals surface area contributed by atoms with Gasteiger partial charge in [-0.05, 0) is 54.9 Å². The number of rotatable bonds is 6. The molecule has 1 aliphatic heterocycles. The van der Waals surface area contributed by atoms with E-state index in [0.29, 0.717) is 11.5 Å². The van der Waals surface area contributed by atoms with Crippen LogP contribution in [0.2, 0.25) is 0 Å². The standard InChI is InChI=1S/C22H35FN2OS/c1-17-12-20(14-22(2,3)13-17)26-16-21(27)15-24-8-10-25(11-9-24)19-6-4-18(23)5-7-19/h4-7,17,20-21,27H,8-16H2,1-3H3/t17-,20-,21+/m0/s1. The van der Waals surface area contributed by atoms with Crippen molar-refractivity contribution in [3.8, 4) is 0 Å². The van der Waals surface area contributed by atoms with Crippen LogP contribution in [-0.4, -0.2) is 55.6 Å². The normalized spacial score (nSPS) is 27.5. The Balaban J connectivity index is 1.38. The van der Waals surface area contributed by atoms with E-state index in [-0.39, 0.29) is 11.1 Å². The first kappa shape index (κ1) is 20.9. The average molecular weight is 395 g/mol. The molecule has 1 aliphatic carbocycles. The van der Waals surface area contributed by atoms with Crippen LogP contribution in [0.1, 0.15) is 40.0 Å². The van der Waals surface area contributed by atoms with Crippen molar-refractivity contribution >= 4 is 18.3 Å². The van der Waals surface area contributed by atoms with Crippen LogP contribution in [-0.2, 0) is 4.74 Å². The highest BCUT2D eigenvalue weighted by atomic mass is 32.1. The van der Waals surface area contributed by atoms with Gasteiger partial charge >= 0.3 is 0 Å². The molecule has 0 bridgehead atoms. The first-order chi connectivity index (χ1) is 12.8. The zero-order valence-electron chi connectivity index (χ0n) is 17.0. The molecule has 0 N–H and O–H groups in total. The average Bonchev–Trinajstić information content (AvgIpc) is 2.60. The number of nitrogens with zero attached hydrogens (tertiary/aromatic N) is 2. The summed E-state index contributed by atoms with van der Waals surface area (Å²) in [6.45, 7) is 12.7. The summed E-state index contributed by atoms with van der Waals surface area (Å²) in [5.41, 5.74) is 1.50. The van der Waals surface area contributed by atoms with Gasteiger partial charge in [0.1, 0.15) is 5.82 Å². The van der Waals surface area contributed by atoms with Gasteiger partial charge in [-0.3, -0.25) is 4.90 Å². The second-order valence-corrected chi connectivity index (χ2v) is 10.0. The number of hydrogen-bond acceptors (Lipinski definition) is 4. The van der Waals surface area contributed by atoms with E-state index in [1.165, 1.54) is 25.0 Å². The second-order valence-electron chi connectivity index (χ2n) is 9.29. The van der Waals surface area contributed by atoms with Crippen molar-refractivity contribution < 1.29 is 9.13 Å². The van der Waals surface area contributed by atoms with Crippen molar-refractivity contribution in [2.45, 2.75) is 51.4 Å². The molecule has 3 atom stereocenters. The summed E-state index contributed by atoms with van der Waals surface area (Å²) in [4.78, 5) is 4.79. The SMILES string of the molecule is C[C@H]1C[C@H](OC[C@H](S)CN2CCN(c3ccc(F)cc3)CC2)CC(C)(C)C1. The Hall–Kier alpha value is -0.780. The van der Waals surface area contributed by atoms with E-state index in [1.54, 1.807) is 0 Å². The predicted molar refractivity (Wildman–Crippen MR) is 114 cm³/mol. The van der Waals surface area contributed by atoms with E-state index >= 15 is 0 Å². The molecule has 0 spiro atoms. The summed E-state index contributed by atoms with van der Waals surface area (Å²) < 4.78 is 19.3. The van der Waals surface area contributed by atoms with Crippen molar-refractivity contribution in [1.82, 2.24) is 4.90 Å². The molecule has 152 valence electrons. The van der Waals surface area contributed by atoms with E-state index in [4.69, 9.17) is 17.4 Å². The Labute approximate surface area is 169 Å². The molecule has 3 nitrogen and oxygen atoms in total. The molecule has 1 aromatic carbocycles. The molecule has 0 unspecified atom stereocenters. The minimum Gasteiger partial charge on any atom is -0.377 e. The summed E-state index contributed by atoms with van der Waals surface area (Å²) in [5, 5.41) is 0.253. The van der Waals surface area contributed by atoms with Crippen LogP contribution >= 0.6 is 12.6 Å².